The summed E-state index contributed by atoms with van der Waals surface area (Å²) >= 11 is 1.56. The highest BCUT2D eigenvalue weighted by molar-refractivity contribution is 7.13. The molecule has 28 heavy (non-hydrogen) atoms. The van der Waals surface area contributed by atoms with Crippen molar-refractivity contribution in [1.82, 2.24) is 10.3 Å². The molecule has 1 aromatic heterocycles. The van der Waals surface area contributed by atoms with Gasteiger partial charge in [-0.15, -0.1) is 11.3 Å². The second kappa shape index (κ2) is 8.20. The van der Waals surface area contributed by atoms with E-state index in [0.29, 0.717) is 13.0 Å². The van der Waals surface area contributed by atoms with Crippen LogP contribution in [0.5, 0.6) is 0 Å². The van der Waals surface area contributed by atoms with Gasteiger partial charge in [0.15, 0.2) is 0 Å². The number of anilines is 1. The molecule has 3 aromatic rings. The van der Waals surface area contributed by atoms with Crippen LogP contribution in [-0.2, 0) is 11.3 Å². The highest BCUT2D eigenvalue weighted by atomic mass is 32.1. The van der Waals surface area contributed by atoms with E-state index >= 15 is 0 Å². The van der Waals surface area contributed by atoms with Gasteiger partial charge in [0.2, 0.25) is 5.91 Å². The Kier molecular flexibility index (Phi) is 5.50. The van der Waals surface area contributed by atoms with Crippen molar-refractivity contribution in [2.45, 2.75) is 32.4 Å². The molecule has 1 unspecified atom stereocenters. The maximum atomic E-state index is 13.1. The number of nitrogens with one attached hydrogen (secondary N) is 1. The Balaban J connectivity index is 1.36. The lowest BCUT2D eigenvalue weighted by Gasteiger charge is -2.18. The summed E-state index contributed by atoms with van der Waals surface area (Å²) in [5, 5.41) is 6.41. The topological polar surface area (TPSA) is 45.2 Å². The predicted octanol–water partition coefficient (Wildman–Crippen LogP) is 4.93. The normalized spacial score (nSPS) is 15.2. The summed E-state index contributed by atoms with van der Waals surface area (Å²) < 4.78 is 13.1. The van der Waals surface area contributed by atoms with Crippen LogP contribution in [0.4, 0.5) is 10.1 Å². The smallest absolute Gasteiger partial charge is 0.227 e. The number of aromatic nitrogens is 1. The van der Waals surface area contributed by atoms with Gasteiger partial charge in [0.1, 0.15) is 10.8 Å². The molecule has 0 saturated carbocycles. The number of carbonyl (C=O) groups excluding carboxylic acids is 1. The van der Waals surface area contributed by atoms with E-state index in [9.17, 15) is 9.18 Å². The Morgan fingerprint density at radius 3 is 2.61 bits per heavy atom. The minimum absolute atomic E-state index is 0.166. The monoisotopic (exact) mass is 395 g/mol. The van der Waals surface area contributed by atoms with E-state index in [-0.39, 0.29) is 17.8 Å². The van der Waals surface area contributed by atoms with Crippen LogP contribution in [0.15, 0.2) is 53.9 Å². The highest BCUT2D eigenvalue weighted by Crippen LogP contribution is 2.25. The molecule has 6 heteroatoms. The SMILES string of the molecule is CC(NCc1csc(-c2ccc(F)cc2)n1)c1ccc(N2CCCC2=O)cc1. The molecule has 0 radical (unpaired) electrons. The van der Waals surface area contributed by atoms with Crippen LogP contribution in [0.3, 0.4) is 0 Å². The second-order valence-corrected chi connectivity index (χ2v) is 7.85. The van der Waals surface area contributed by atoms with E-state index in [1.54, 1.807) is 23.5 Å². The average Bonchev–Trinajstić information content (AvgIpc) is 3.36. The Morgan fingerprint density at radius 1 is 1.18 bits per heavy atom. The van der Waals surface area contributed by atoms with Crippen molar-refractivity contribution < 1.29 is 9.18 Å². The van der Waals surface area contributed by atoms with E-state index in [2.05, 4.69) is 29.4 Å². The van der Waals surface area contributed by atoms with Gasteiger partial charge in [0.05, 0.1) is 5.69 Å². The minimum atomic E-state index is -0.240. The van der Waals surface area contributed by atoms with Crippen LogP contribution < -0.4 is 10.2 Å². The standard InChI is InChI=1S/C22H22FN3OS/c1-15(16-6-10-20(11-7-16)26-12-2-3-21(26)27)24-13-19-14-28-22(25-19)17-4-8-18(23)9-5-17/h4-11,14-15,24H,2-3,12-13H2,1H3. The average molecular weight is 396 g/mol. The van der Waals surface area contributed by atoms with Crippen molar-refractivity contribution in [1.29, 1.82) is 0 Å². The fraction of sp³-hybridized carbons (Fsp3) is 0.273. The lowest BCUT2D eigenvalue weighted by atomic mass is 10.1. The molecule has 0 spiro atoms. The first-order chi connectivity index (χ1) is 13.6. The Hall–Kier alpha value is -2.57. The third-order valence-corrected chi connectivity index (χ3v) is 5.95. The Bertz CT molecular complexity index is 953. The number of halogens is 1. The van der Waals surface area contributed by atoms with E-state index in [4.69, 9.17) is 0 Å². The summed E-state index contributed by atoms with van der Waals surface area (Å²) in [4.78, 5) is 18.4. The van der Waals surface area contributed by atoms with E-state index < -0.39 is 0 Å². The Morgan fingerprint density at radius 2 is 1.93 bits per heavy atom. The van der Waals surface area contributed by atoms with Gasteiger partial charge in [-0.3, -0.25) is 4.79 Å². The van der Waals surface area contributed by atoms with E-state index in [0.717, 1.165) is 34.9 Å². The maximum Gasteiger partial charge on any atom is 0.227 e. The number of hydrogen-bond acceptors (Lipinski definition) is 4. The number of thiazole rings is 1. The van der Waals surface area contributed by atoms with Gasteiger partial charge in [-0.2, -0.15) is 0 Å². The highest BCUT2D eigenvalue weighted by Gasteiger charge is 2.21. The van der Waals surface area contributed by atoms with Crippen LogP contribution in [0.1, 0.15) is 37.1 Å². The summed E-state index contributed by atoms with van der Waals surface area (Å²) in [5.74, 6) is -0.0319. The maximum absolute atomic E-state index is 13.1. The van der Waals surface area contributed by atoms with Gasteiger partial charge in [-0.1, -0.05) is 12.1 Å². The number of rotatable bonds is 6. The molecular formula is C22H22FN3OS. The molecule has 2 aromatic carbocycles. The summed E-state index contributed by atoms with van der Waals surface area (Å²) in [7, 11) is 0. The van der Waals surface area contributed by atoms with Crippen LogP contribution in [0.2, 0.25) is 0 Å². The molecular weight excluding hydrogens is 373 g/mol. The fourth-order valence-corrected chi connectivity index (χ4v) is 4.18. The quantitative estimate of drug-likeness (QED) is 0.644. The first-order valence-corrected chi connectivity index (χ1v) is 10.3. The third kappa shape index (κ3) is 4.13. The molecule has 2 heterocycles. The van der Waals surface area contributed by atoms with Gasteiger partial charge >= 0.3 is 0 Å². The summed E-state index contributed by atoms with van der Waals surface area (Å²) in [6.45, 7) is 3.58. The van der Waals surface area contributed by atoms with Gasteiger partial charge in [-0.25, -0.2) is 9.37 Å². The zero-order valence-corrected chi connectivity index (χ0v) is 16.5. The van der Waals surface area contributed by atoms with Crippen molar-refractivity contribution in [3.8, 4) is 10.6 Å². The summed E-state index contributed by atoms with van der Waals surface area (Å²) in [6.07, 6.45) is 1.58. The number of carbonyl (C=O) groups is 1. The molecule has 1 fully saturated rings. The molecule has 0 aliphatic carbocycles. The van der Waals surface area contributed by atoms with Crippen LogP contribution in [0, 0.1) is 5.82 Å². The largest absolute Gasteiger partial charge is 0.312 e. The van der Waals surface area contributed by atoms with Crippen molar-refractivity contribution in [3.05, 3.63) is 71.0 Å². The zero-order valence-electron chi connectivity index (χ0n) is 15.7. The number of nitrogens with zero attached hydrogens (tertiary/aromatic N) is 2. The number of amides is 1. The van der Waals surface area contributed by atoms with E-state index in [1.165, 1.54) is 17.7 Å². The minimum Gasteiger partial charge on any atom is -0.312 e. The van der Waals surface area contributed by atoms with Crippen LogP contribution in [0.25, 0.3) is 10.6 Å². The molecule has 1 aliphatic rings. The second-order valence-electron chi connectivity index (χ2n) is 6.99. The predicted molar refractivity (Wildman–Crippen MR) is 111 cm³/mol. The van der Waals surface area contributed by atoms with Crippen molar-refractivity contribution in [3.63, 3.8) is 0 Å². The summed E-state index contributed by atoms with van der Waals surface area (Å²) in [5.41, 5.74) is 4.04. The summed E-state index contributed by atoms with van der Waals surface area (Å²) in [6, 6.07) is 14.8. The molecule has 1 atom stereocenters. The lowest BCUT2D eigenvalue weighted by molar-refractivity contribution is -0.117. The molecule has 1 saturated heterocycles. The van der Waals surface area contributed by atoms with E-state index in [1.807, 2.05) is 22.4 Å². The fourth-order valence-electron chi connectivity index (χ4n) is 3.35. The molecule has 4 rings (SSSR count). The molecule has 1 aliphatic heterocycles. The van der Waals surface area contributed by atoms with Gasteiger partial charge in [-0.05, 0) is 55.3 Å². The Labute approximate surface area is 168 Å². The molecule has 1 amide bonds. The first kappa shape index (κ1) is 18.8. The third-order valence-electron chi connectivity index (χ3n) is 5.01. The molecule has 4 nitrogen and oxygen atoms in total. The van der Waals surface area contributed by atoms with Crippen molar-refractivity contribution >= 4 is 22.9 Å². The van der Waals surface area contributed by atoms with Crippen molar-refractivity contribution in [2.24, 2.45) is 0 Å². The van der Waals surface area contributed by atoms with Gasteiger partial charge < -0.3 is 10.2 Å². The van der Waals surface area contributed by atoms with Crippen LogP contribution in [-0.4, -0.2) is 17.4 Å². The van der Waals surface area contributed by atoms with Gasteiger partial charge in [0.25, 0.3) is 0 Å². The zero-order chi connectivity index (χ0) is 19.5. The van der Waals surface area contributed by atoms with Crippen molar-refractivity contribution in [2.75, 3.05) is 11.4 Å². The first-order valence-electron chi connectivity index (χ1n) is 9.44. The molecule has 144 valence electrons. The van der Waals surface area contributed by atoms with Crippen LogP contribution >= 0.6 is 11.3 Å². The molecule has 1 N–H and O–H groups in total. The number of hydrogen-bond donors (Lipinski definition) is 1. The lowest BCUT2D eigenvalue weighted by Crippen LogP contribution is -2.23. The molecule has 0 bridgehead atoms. The van der Waals surface area contributed by atoms with Gasteiger partial charge in [0, 0.05) is 42.2 Å². The number of benzene rings is 2.